The first kappa shape index (κ1) is 11.2. The highest BCUT2D eigenvalue weighted by atomic mass is 35.5. The van der Waals surface area contributed by atoms with Crippen molar-refractivity contribution in [1.82, 2.24) is 4.98 Å². The quantitative estimate of drug-likeness (QED) is 0.611. The van der Waals surface area contributed by atoms with Crippen LogP contribution in [0, 0.1) is 0 Å². The fourth-order valence-electron chi connectivity index (χ4n) is 1.39. The number of ether oxygens (including phenoxy) is 1. The molecule has 0 bridgehead atoms. The minimum atomic E-state index is -0.616. The maximum Gasteiger partial charge on any atom is 0.255 e. The van der Waals surface area contributed by atoms with Crippen molar-refractivity contribution >= 4 is 39.3 Å². The van der Waals surface area contributed by atoms with Gasteiger partial charge in [-0.15, -0.1) is 0 Å². The standard InChI is InChI=1S/C11H7Cl2NO2/c1-16-7-3-2-6-4-8(11(13)15)10(12)14-9(6)5-7/h2-5H,1H3. The Kier molecular flexibility index (Phi) is 2.99. The molecule has 0 saturated heterocycles. The highest BCUT2D eigenvalue weighted by Crippen LogP contribution is 2.24. The van der Waals surface area contributed by atoms with Crippen LogP contribution in [0.4, 0.5) is 0 Å². The molecule has 0 atom stereocenters. The summed E-state index contributed by atoms with van der Waals surface area (Å²) in [5.74, 6) is 0.681. The first-order chi connectivity index (χ1) is 7.61. The van der Waals surface area contributed by atoms with Gasteiger partial charge in [-0.2, -0.15) is 0 Å². The normalized spacial score (nSPS) is 10.4. The van der Waals surface area contributed by atoms with E-state index in [1.54, 1.807) is 31.4 Å². The third-order valence-corrected chi connectivity index (χ3v) is 2.68. The molecule has 5 heteroatoms. The first-order valence-corrected chi connectivity index (χ1v) is 5.21. The molecule has 0 aliphatic heterocycles. The number of rotatable bonds is 2. The van der Waals surface area contributed by atoms with E-state index in [4.69, 9.17) is 27.9 Å². The molecule has 82 valence electrons. The van der Waals surface area contributed by atoms with Crippen LogP contribution in [-0.4, -0.2) is 17.3 Å². The molecule has 0 spiro atoms. The van der Waals surface area contributed by atoms with Crippen molar-refractivity contribution in [1.29, 1.82) is 0 Å². The Balaban J connectivity index is 2.68. The van der Waals surface area contributed by atoms with Crippen molar-refractivity contribution < 1.29 is 9.53 Å². The predicted octanol–water partition coefficient (Wildman–Crippen LogP) is 3.28. The van der Waals surface area contributed by atoms with Gasteiger partial charge in [0.1, 0.15) is 10.9 Å². The van der Waals surface area contributed by atoms with E-state index in [1.807, 2.05) is 0 Å². The summed E-state index contributed by atoms with van der Waals surface area (Å²) in [7, 11) is 1.57. The van der Waals surface area contributed by atoms with Gasteiger partial charge in [-0.05, 0) is 29.8 Å². The summed E-state index contributed by atoms with van der Waals surface area (Å²) in [5, 5.41) is 0.269. The van der Waals surface area contributed by atoms with Crippen molar-refractivity contribution in [3.8, 4) is 5.75 Å². The van der Waals surface area contributed by atoms with Gasteiger partial charge in [-0.3, -0.25) is 4.79 Å². The summed E-state index contributed by atoms with van der Waals surface area (Å²) in [4.78, 5) is 15.1. The van der Waals surface area contributed by atoms with E-state index in [1.165, 1.54) is 0 Å². The maximum absolute atomic E-state index is 11.0. The van der Waals surface area contributed by atoms with Gasteiger partial charge in [-0.1, -0.05) is 11.6 Å². The molecule has 16 heavy (non-hydrogen) atoms. The molecular weight excluding hydrogens is 249 g/mol. The molecule has 0 aliphatic carbocycles. The van der Waals surface area contributed by atoms with Gasteiger partial charge < -0.3 is 4.74 Å². The van der Waals surface area contributed by atoms with E-state index < -0.39 is 5.24 Å². The lowest BCUT2D eigenvalue weighted by molar-refractivity contribution is 0.108. The molecule has 0 N–H and O–H groups in total. The number of pyridine rings is 1. The number of fused-ring (bicyclic) bond motifs is 1. The van der Waals surface area contributed by atoms with E-state index in [0.717, 1.165) is 5.39 Å². The molecule has 2 aromatic rings. The van der Waals surface area contributed by atoms with Crippen LogP contribution in [0.25, 0.3) is 10.9 Å². The maximum atomic E-state index is 11.0. The van der Waals surface area contributed by atoms with E-state index in [9.17, 15) is 4.79 Å². The molecule has 0 aliphatic rings. The number of nitrogens with zero attached hydrogens (tertiary/aromatic N) is 1. The topological polar surface area (TPSA) is 39.2 Å². The molecule has 2 rings (SSSR count). The lowest BCUT2D eigenvalue weighted by Crippen LogP contribution is -1.94. The lowest BCUT2D eigenvalue weighted by Gasteiger charge is -2.04. The van der Waals surface area contributed by atoms with Gasteiger partial charge in [0.2, 0.25) is 0 Å². The number of methoxy groups -OCH3 is 1. The van der Waals surface area contributed by atoms with Crippen molar-refractivity contribution in [3.63, 3.8) is 0 Å². The molecule has 1 aromatic heterocycles. The van der Waals surface area contributed by atoms with E-state index in [0.29, 0.717) is 11.3 Å². The molecule has 0 unspecified atom stereocenters. The molecule has 1 aromatic carbocycles. The zero-order valence-corrected chi connectivity index (χ0v) is 9.84. The van der Waals surface area contributed by atoms with Crippen LogP contribution in [0.1, 0.15) is 10.4 Å². The fraction of sp³-hybridized carbons (Fsp3) is 0.0909. The van der Waals surface area contributed by atoms with Crippen molar-refractivity contribution in [2.24, 2.45) is 0 Å². The van der Waals surface area contributed by atoms with Crippen molar-refractivity contribution in [2.75, 3.05) is 7.11 Å². The van der Waals surface area contributed by atoms with Crippen LogP contribution in [0.2, 0.25) is 5.15 Å². The van der Waals surface area contributed by atoms with Gasteiger partial charge in [0, 0.05) is 11.5 Å². The van der Waals surface area contributed by atoms with E-state index >= 15 is 0 Å². The molecule has 0 amide bonds. The molecule has 1 heterocycles. The number of hydrogen-bond donors (Lipinski definition) is 0. The van der Waals surface area contributed by atoms with Gasteiger partial charge >= 0.3 is 0 Å². The van der Waals surface area contributed by atoms with Gasteiger partial charge in [0.05, 0.1) is 18.2 Å². The number of carbonyl (C=O) groups excluding carboxylic acids is 1. The molecule has 3 nitrogen and oxygen atoms in total. The van der Waals surface area contributed by atoms with Crippen LogP contribution < -0.4 is 4.74 Å². The third-order valence-electron chi connectivity index (χ3n) is 2.19. The monoisotopic (exact) mass is 255 g/mol. The lowest BCUT2D eigenvalue weighted by atomic mass is 10.1. The Morgan fingerprint density at radius 1 is 1.38 bits per heavy atom. The Bertz CT molecular complexity index is 569. The molecular formula is C11H7Cl2NO2. The predicted molar refractivity (Wildman–Crippen MR) is 63.5 cm³/mol. The zero-order chi connectivity index (χ0) is 11.7. The Labute approximate surface area is 102 Å². The zero-order valence-electron chi connectivity index (χ0n) is 8.33. The number of aromatic nitrogens is 1. The fourth-order valence-corrected chi connectivity index (χ4v) is 1.81. The van der Waals surface area contributed by atoms with Crippen LogP contribution in [0.5, 0.6) is 5.75 Å². The van der Waals surface area contributed by atoms with E-state index in [2.05, 4.69) is 4.98 Å². The second-order valence-corrected chi connectivity index (χ2v) is 3.86. The second kappa shape index (κ2) is 4.28. The Morgan fingerprint density at radius 3 is 2.75 bits per heavy atom. The smallest absolute Gasteiger partial charge is 0.255 e. The second-order valence-electron chi connectivity index (χ2n) is 3.16. The summed E-state index contributed by atoms with van der Waals surface area (Å²) in [6, 6.07) is 6.92. The van der Waals surface area contributed by atoms with Gasteiger partial charge in [-0.25, -0.2) is 4.98 Å². The molecule has 0 fully saturated rings. The highest BCUT2D eigenvalue weighted by Gasteiger charge is 2.10. The number of carbonyl (C=O) groups is 1. The summed E-state index contributed by atoms with van der Waals surface area (Å²) in [5.41, 5.74) is 0.868. The molecule has 0 saturated carbocycles. The average Bonchev–Trinajstić information content (AvgIpc) is 2.27. The number of halogens is 2. The number of hydrogen-bond acceptors (Lipinski definition) is 3. The summed E-state index contributed by atoms with van der Waals surface area (Å²) in [6.45, 7) is 0. The minimum Gasteiger partial charge on any atom is -0.497 e. The Morgan fingerprint density at radius 2 is 2.12 bits per heavy atom. The highest BCUT2D eigenvalue weighted by molar-refractivity contribution is 6.68. The van der Waals surface area contributed by atoms with Crippen LogP contribution in [0.15, 0.2) is 24.3 Å². The number of benzene rings is 1. The summed E-state index contributed by atoms with van der Waals surface area (Å²) in [6.07, 6.45) is 0. The van der Waals surface area contributed by atoms with Crippen molar-refractivity contribution in [2.45, 2.75) is 0 Å². The van der Waals surface area contributed by atoms with Crippen LogP contribution in [-0.2, 0) is 0 Å². The summed E-state index contributed by atoms with van der Waals surface area (Å²) < 4.78 is 5.06. The average molecular weight is 256 g/mol. The van der Waals surface area contributed by atoms with Gasteiger partial charge in [0.25, 0.3) is 5.24 Å². The minimum absolute atomic E-state index is 0.0979. The molecule has 0 radical (unpaired) electrons. The SMILES string of the molecule is COc1ccc2cc(C(=O)Cl)c(Cl)nc2c1. The Hall–Kier alpha value is -1.32. The third kappa shape index (κ3) is 1.96. The van der Waals surface area contributed by atoms with E-state index in [-0.39, 0.29) is 10.7 Å². The van der Waals surface area contributed by atoms with Crippen molar-refractivity contribution in [3.05, 3.63) is 35.0 Å². The first-order valence-electron chi connectivity index (χ1n) is 4.46. The largest absolute Gasteiger partial charge is 0.497 e. The van der Waals surface area contributed by atoms with Crippen LogP contribution in [0.3, 0.4) is 0 Å². The summed E-state index contributed by atoms with van der Waals surface area (Å²) >= 11 is 11.2. The van der Waals surface area contributed by atoms with Gasteiger partial charge in [0.15, 0.2) is 0 Å². The van der Waals surface area contributed by atoms with Crippen LogP contribution >= 0.6 is 23.2 Å².